The summed E-state index contributed by atoms with van der Waals surface area (Å²) in [6, 6.07) is 4.86. The Labute approximate surface area is 167 Å². The van der Waals surface area contributed by atoms with Gasteiger partial charge in [-0.15, -0.1) is 24.0 Å². The van der Waals surface area contributed by atoms with Crippen molar-refractivity contribution in [1.82, 2.24) is 10.6 Å². The van der Waals surface area contributed by atoms with E-state index in [2.05, 4.69) is 22.5 Å². The highest BCUT2D eigenvalue weighted by molar-refractivity contribution is 14.0. The van der Waals surface area contributed by atoms with Gasteiger partial charge in [-0.3, -0.25) is 0 Å². The van der Waals surface area contributed by atoms with Gasteiger partial charge >= 0.3 is 0 Å². The third-order valence-electron chi connectivity index (χ3n) is 3.77. The molecule has 1 atom stereocenters. The highest BCUT2D eigenvalue weighted by Crippen LogP contribution is 2.18. The molecule has 1 rings (SSSR count). The van der Waals surface area contributed by atoms with E-state index in [1.54, 1.807) is 12.1 Å². The molecule has 1 aromatic carbocycles. The number of ether oxygens (including phenoxy) is 1. The number of benzene rings is 1. The van der Waals surface area contributed by atoms with Crippen LogP contribution in [-0.2, 0) is 6.54 Å². The van der Waals surface area contributed by atoms with Crippen LogP contribution in [0.3, 0.4) is 0 Å². The first-order chi connectivity index (χ1) is 11.6. The Balaban J connectivity index is 0.00000576. The second-order valence-corrected chi connectivity index (χ2v) is 5.71. The van der Waals surface area contributed by atoms with E-state index in [9.17, 15) is 4.39 Å². The van der Waals surface area contributed by atoms with Crippen LogP contribution in [0.5, 0.6) is 5.75 Å². The predicted molar refractivity (Wildman–Crippen MR) is 111 cm³/mol. The molecule has 0 heterocycles. The molecule has 0 aromatic heterocycles. The van der Waals surface area contributed by atoms with Crippen molar-refractivity contribution in [3.8, 4) is 5.75 Å². The van der Waals surface area contributed by atoms with Gasteiger partial charge in [-0.1, -0.05) is 19.4 Å². The number of rotatable bonds is 10. The van der Waals surface area contributed by atoms with Crippen molar-refractivity contribution in [2.24, 2.45) is 10.9 Å². The van der Waals surface area contributed by atoms with Crippen molar-refractivity contribution in [2.75, 3.05) is 26.8 Å². The molecule has 0 aliphatic carbocycles. The summed E-state index contributed by atoms with van der Waals surface area (Å²) in [7, 11) is 1.45. The van der Waals surface area contributed by atoms with E-state index >= 15 is 0 Å². The van der Waals surface area contributed by atoms with Gasteiger partial charge in [0.2, 0.25) is 0 Å². The molecule has 0 aliphatic rings. The molecule has 5 nitrogen and oxygen atoms in total. The quantitative estimate of drug-likeness (QED) is 0.281. The van der Waals surface area contributed by atoms with Crippen LogP contribution in [0.15, 0.2) is 23.2 Å². The van der Waals surface area contributed by atoms with Gasteiger partial charge in [0.15, 0.2) is 17.5 Å². The number of hydrogen-bond donors (Lipinski definition) is 3. The Morgan fingerprint density at radius 3 is 2.60 bits per heavy atom. The van der Waals surface area contributed by atoms with Crippen molar-refractivity contribution in [3.63, 3.8) is 0 Å². The van der Waals surface area contributed by atoms with Gasteiger partial charge in [-0.25, -0.2) is 9.38 Å². The fourth-order valence-corrected chi connectivity index (χ4v) is 2.50. The normalized spacial score (nSPS) is 12.3. The Morgan fingerprint density at radius 1 is 1.28 bits per heavy atom. The average molecular weight is 467 g/mol. The lowest BCUT2D eigenvalue weighted by Gasteiger charge is -2.18. The first kappa shape index (κ1) is 23.9. The monoisotopic (exact) mass is 467 g/mol. The summed E-state index contributed by atoms with van der Waals surface area (Å²) in [4.78, 5) is 4.50. The van der Waals surface area contributed by atoms with Crippen LogP contribution >= 0.6 is 24.0 Å². The topological polar surface area (TPSA) is 65.9 Å². The van der Waals surface area contributed by atoms with Gasteiger partial charge in [0.05, 0.1) is 13.7 Å². The van der Waals surface area contributed by atoms with Gasteiger partial charge in [-0.2, -0.15) is 0 Å². The fourth-order valence-electron chi connectivity index (χ4n) is 2.50. The molecular weight excluding hydrogens is 436 g/mol. The van der Waals surface area contributed by atoms with E-state index in [0.29, 0.717) is 18.4 Å². The average Bonchev–Trinajstić information content (AvgIpc) is 2.57. The molecule has 144 valence electrons. The second-order valence-electron chi connectivity index (χ2n) is 5.71. The maximum atomic E-state index is 13.7. The Kier molecular flexibility index (Phi) is 13.5. The summed E-state index contributed by atoms with van der Waals surface area (Å²) in [6.45, 7) is 6.24. The van der Waals surface area contributed by atoms with Gasteiger partial charge in [0.25, 0.3) is 0 Å². The molecule has 0 amide bonds. The Bertz CT molecular complexity index is 509. The molecule has 1 unspecified atom stereocenters. The molecule has 0 radical (unpaired) electrons. The van der Waals surface area contributed by atoms with Gasteiger partial charge in [0.1, 0.15) is 0 Å². The SMILES string of the molecule is CCCC(CCO)CNC(=NCc1ccc(OC)c(F)c1)NCC.I. The number of hydrogen-bond acceptors (Lipinski definition) is 3. The number of nitrogens with one attached hydrogen (secondary N) is 2. The van der Waals surface area contributed by atoms with E-state index in [1.165, 1.54) is 13.2 Å². The zero-order valence-corrected chi connectivity index (χ0v) is 17.7. The van der Waals surface area contributed by atoms with Crippen LogP contribution in [0.2, 0.25) is 0 Å². The highest BCUT2D eigenvalue weighted by atomic mass is 127. The van der Waals surface area contributed by atoms with Gasteiger partial charge < -0.3 is 20.5 Å². The van der Waals surface area contributed by atoms with E-state index in [4.69, 9.17) is 9.84 Å². The summed E-state index contributed by atoms with van der Waals surface area (Å²) in [6.07, 6.45) is 2.94. The zero-order chi connectivity index (χ0) is 17.8. The van der Waals surface area contributed by atoms with Crippen molar-refractivity contribution in [1.29, 1.82) is 0 Å². The van der Waals surface area contributed by atoms with Crippen molar-refractivity contribution in [3.05, 3.63) is 29.6 Å². The maximum absolute atomic E-state index is 13.7. The van der Waals surface area contributed by atoms with Crippen LogP contribution in [0.4, 0.5) is 4.39 Å². The molecule has 0 bridgehead atoms. The lowest BCUT2D eigenvalue weighted by molar-refractivity contribution is 0.251. The molecule has 3 N–H and O–H groups in total. The van der Waals surface area contributed by atoms with E-state index in [0.717, 1.165) is 37.9 Å². The molecule has 0 spiro atoms. The summed E-state index contributed by atoms with van der Waals surface area (Å²) in [5, 5.41) is 15.6. The summed E-state index contributed by atoms with van der Waals surface area (Å²) in [5.41, 5.74) is 0.783. The van der Waals surface area contributed by atoms with E-state index in [1.807, 2.05) is 6.92 Å². The van der Waals surface area contributed by atoms with Crippen LogP contribution in [0, 0.1) is 11.7 Å². The lowest BCUT2D eigenvalue weighted by atomic mass is 10.0. The first-order valence-electron chi connectivity index (χ1n) is 8.60. The van der Waals surface area contributed by atoms with Crippen LogP contribution in [0.1, 0.15) is 38.7 Å². The Morgan fingerprint density at radius 2 is 2.04 bits per heavy atom. The molecule has 1 aromatic rings. The smallest absolute Gasteiger partial charge is 0.191 e. The number of aliphatic imine (C=N–C) groups is 1. The fraction of sp³-hybridized carbons (Fsp3) is 0.611. The lowest BCUT2D eigenvalue weighted by Crippen LogP contribution is -2.40. The molecule has 0 aliphatic heterocycles. The molecule has 7 heteroatoms. The number of methoxy groups -OCH3 is 1. The largest absolute Gasteiger partial charge is 0.494 e. The number of aliphatic hydroxyl groups is 1. The predicted octanol–water partition coefficient (Wildman–Crippen LogP) is 3.31. The number of nitrogens with zero attached hydrogens (tertiary/aromatic N) is 1. The van der Waals surface area contributed by atoms with E-state index in [-0.39, 0.29) is 42.2 Å². The maximum Gasteiger partial charge on any atom is 0.191 e. The minimum atomic E-state index is -0.380. The van der Waals surface area contributed by atoms with Crippen LogP contribution in [0.25, 0.3) is 0 Å². The third kappa shape index (κ3) is 9.25. The minimum Gasteiger partial charge on any atom is -0.494 e. The molecule has 0 fully saturated rings. The minimum absolute atomic E-state index is 0. The Hall–Kier alpha value is -1.09. The number of halogens is 2. The summed E-state index contributed by atoms with van der Waals surface area (Å²) < 4.78 is 18.6. The summed E-state index contributed by atoms with van der Waals surface area (Å²) in [5.74, 6) is 0.975. The molecule has 25 heavy (non-hydrogen) atoms. The highest BCUT2D eigenvalue weighted by Gasteiger charge is 2.08. The van der Waals surface area contributed by atoms with Crippen molar-refractivity contribution < 1.29 is 14.2 Å². The summed E-state index contributed by atoms with van der Waals surface area (Å²) >= 11 is 0. The number of aliphatic hydroxyl groups excluding tert-OH is 1. The molecule has 0 saturated carbocycles. The van der Waals surface area contributed by atoms with Crippen molar-refractivity contribution >= 4 is 29.9 Å². The second kappa shape index (κ2) is 14.1. The first-order valence-corrected chi connectivity index (χ1v) is 8.60. The van der Waals surface area contributed by atoms with Gasteiger partial charge in [0, 0.05) is 19.7 Å². The molecule has 0 saturated heterocycles. The van der Waals surface area contributed by atoms with Gasteiger partial charge in [-0.05, 0) is 43.4 Å². The van der Waals surface area contributed by atoms with Crippen LogP contribution < -0.4 is 15.4 Å². The van der Waals surface area contributed by atoms with Crippen LogP contribution in [-0.4, -0.2) is 37.9 Å². The standard InChI is InChI=1S/C18H30FN3O2.HI/c1-4-6-14(9-10-23)12-21-18(20-5-2)22-13-15-7-8-17(24-3)16(19)11-15;/h7-8,11,14,23H,4-6,9-10,12-13H2,1-3H3,(H2,20,21,22);1H. The number of guanidine groups is 1. The third-order valence-corrected chi connectivity index (χ3v) is 3.77. The zero-order valence-electron chi connectivity index (χ0n) is 15.3. The van der Waals surface area contributed by atoms with Crippen molar-refractivity contribution in [2.45, 2.75) is 39.7 Å². The molecular formula is C18H31FIN3O2. The van der Waals surface area contributed by atoms with E-state index < -0.39 is 0 Å².